The van der Waals surface area contributed by atoms with Crippen LogP contribution in [0.1, 0.15) is 35.4 Å². The van der Waals surface area contributed by atoms with Crippen LogP contribution in [0.2, 0.25) is 0 Å². The second-order valence-electron chi connectivity index (χ2n) is 8.13. The van der Waals surface area contributed by atoms with Crippen LogP contribution in [-0.4, -0.2) is 70.4 Å². The molecular formula is C22H25ClN4O4S. The Bertz CT molecular complexity index is 979. The summed E-state index contributed by atoms with van der Waals surface area (Å²) in [6, 6.07) is 5.72. The third kappa shape index (κ3) is 4.69. The highest BCUT2D eigenvalue weighted by Crippen LogP contribution is 2.31. The number of ether oxygens (including phenoxy) is 1. The predicted octanol–water partition coefficient (Wildman–Crippen LogP) is 2.53. The first kappa shape index (κ1) is 22.8. The average molecular weight is 477 g/mol. The van der Waals surface area contributed by atoms with Crippen LogP contribution in [-0.2, 0) is 14.3 Å². The molecule has 10 heteroatoms. The Balaban J connectivity index is 1.52. The molecule has 32 heavy (non-hydrogen) atoms. The van der Waals surface area contributed by atoms with Crippen molar-refractivity contribution in [2.24, 2.45) is 5.92 Å². The zero-order valence-electron chi connectivity index (χ0n) is 17.7. The van der Waals surface area contributed by atoms with Gasteiger partial charge in [-0.15, -0.1) is 28.0 Å². The topological polar surface area (TPSA) is 101 Å². The third-order valence-electron chi connectivity index (χ3n) is 6.12. The number of carbonyl (C=O) groups is 3. The zero-order chi connectivity index (χ0) is 22.7. The number of ketones is 1. The van der Waals surface area contributed by atoms with Gasteiger partial charge in [-0.2, -0.15) is 5.10 Å². The largest absolute Gasteiger partial charge is 0.366 e. The number of rotatable bonds is 7. The average Bonchev–Trinajstić information content (AvgIpc) is 3.58. The molecule has 1 aliphatic carbocycles. The van der Waals surface area contributed by atoms with Gasteiger partial charge >= 0.3 is 0 Å². The Labute approximate surface area is 195 Å². The van der Waals surface area contributed by atoms with Gasteiger partial charge in [0, 0.05) is 13.2 Å². The molecule has 8 nitrogen and oxygen atoms in total. The summed E-state index contributed by atoms with van der Waals surface area (Å²) in [5.41, 5.74) is 0.687. The number of likely N-dealkylation sites (N-methyl/N-ethyl adjacent to an activating group) is 1. The molecule has 2 aromatic rings. The first-order valence-electron chi connectivity index (χ1n) is 10.7. The molecule has 2 fully saturated rings. The summed E-state index contributed by atoms with van der Waals surface area (Å²) < 4.78 is 5.43. The minimum atomic E-state index is -0.731. The van der Waals surface area contributed by atoms with E-state index in [4.69, 9.17) is 16.3 Å². The third-order valence-corrected chi connectivity index (χ3v) is 7.53. The summed E-state index contributed by atoms with van der Waals surface area (Å²) in [6.07, 6.45) is 4.79. The number of hydrogen-bond donors (Lipinski definition) is 1. The van der Waals surface area contributed by atoms with Crippen LogP contribution in [0.5, 0.6) is 0 Å². The van der Waals surface area contributed by atoms with Crippen LogP contribution in [0.4, 0.5) is 0 Å². The van der Waals surface area contributed by atoms with Crippen LogP contribution in [0, 0.1) is 5.92 Å². The van der Waals surface area contributed by atoms with E-state index in [-0.39, 0.29) is 36.0 Å². The first-order chi connectivity index (χ1) is 15.5. The van der Waals surface area contributed by atoms with Crippen LogP contribution in [0.25, 0.3) is 10.6 Å². The molecule has 0 radical (unpaired) electrons. The first-order valence-corrected chi connectivity index (χ1v) is 12.0. The van der Waals surface area contributed by atoms with E-state index in [0.29, 0.717) is 10.6 Å². The molecule has 1 saturated carbocycles. The molecule has 2 amide bonds. The molecular weight excluding hydrogens is 452 g/mol. The van der Waals surface area contributed by atoms with Crippen LogP contribution < -0.4 is 5.32 Å². The van der Waals surface area contributed by atoms with E-state index in [2.05, 4.69) is 15.5 Å². The number of amides is 2. The molecule has 0 bridgehead atoms. The molecule has 0 aromatic carbocycles. The summed E-state index contributed by atoms with van der Waals surface area (Å²) in [5, 5.41) is 10.9. The van der Waals surface area contributed by atoms with Gasteiger partial charge in [-0.25, -0.2) is 0 Å². The number of thiophene rings is 1. The van der Waals surface area contributed by atoms with Crippen LogP contribution in [0.15, 0.2) is 30.5 Å². The van der Waals surface area contributed by atoms with E-state index in [1.54, 1.807) is 25.4 Å². The Morgan fingerprint density at radius 3 is 2.78 bits per heavy atom. The summed E-state index contributed by atoms with van der Waals surface area (Å²) in [7, 11) is 1.59. The fraction of sp³-hybridized carbons (Fsp3) is 0.500. The van der Waals surface area contributed by atoms with Gasteiger partial charge in [0.2, 0.25) is 5.91 Å². The van der Waals surface area contributed by atoms with Crippen molar-refractivity contribution in [3.63, 3.8) is 0 Å². The van der Waals surface area contributed by atoms with Crippen molar-refractivity contribution in [3.05, 3.63) is 35.3 Å². The van der Waals surface area contributed by atoms with E-state index < -0.39 is 18.2 Å². The minimum Gasteiger partial charge on any atom is -0.366 e. The molecule has 170 valence electrons. The smallest absolute Gasteiger partial charge is 0.262 e. The lowest BCUT2D eigenvalue weighted by atomic mass is 9.95. The van der Waals surface area contributed by atoms with Crippen molar-refractivity contribution >= 4 is 40.5 Å². The summed E-state index contributed by atoms with van der Waals surface area (Å²) in [4.78, 5) is 41.6. The fourth-order valence-electron chi connectivity index (χ4n) is 4.44. The number of halogens is 1. The number of alkyl halides is 1. The highest BCUT2D eigenvalue weighted by Gasteiger charge is 2.43. The maximum Gasteiger partial charge on any atom is 0.262 e. The SMILES string of the molecule is CN(C(=O)C(NC(=O)c1ccc(-c2cccnn2)s1)C1CCCC1)C1C(=O)COC1CCl. The van der Waals surface area contributed by atoms with Gasteiger partial charge in [-0.3, -0.25) is 14.4 Å². The lowest BCUT2D eigenvalue weighted by molar-refractivity contribution is -0.139. The molecule has 3 unspecified atom stereocenters. The number of carbonyl (C=O) groups excluding carboxylic acids is 3. The van der Waals surface area contributed by atoms with Gasteiger partial charge in [0.1, 0.15) is 24.4 Å². The molecule has 1 aliphatic heterocycles. The van der Waals surface area contributed by atoms with Crippen molar-refractivity contribution in [2.75, 3.05) is 19.5 Å². The van der Waals surface area contributed by atoms with Gasteiger partial charge in [0.05, 0.1) is 21.7 Å². The highest BCUT2D eigenvalue weighted by molar-refractivity contribution is 7.17. The quantitative estimate of drug-likeness (QED) is 0.616. The van der Waals surface area contributed by atoms with Gasteiger partial charge in [-0.1, -0.05) is 12.8 Å². The van der Waals surface area contributed by atoms with E-state index in [1.807, 2.05) is 12.1 Å². The van der Waals surface area contributed by atoms with Crippen LogP contribution >= 0.6 is 22.9 Å². The number of Topliss-reactive ketones (excluding diaryl/α,β-unsaturated/α-hetero) is 1. The number of nitrogens with one attached hydrogen (secondary N) is 1. The van der Waals surface area contributed by atoms with Crippen molar-refractivity contribution in [1.29, 1.82) is 0 Å². The Hall–Kier alpha value is -2.36. The van der Waals surface area contributed by atoms with Gasteiger partial charge < -0.3 is 15.0 Å². The standard InChI is InChI=1S/C22H25ClN4O4S/c1-27(20-15(28)12-31-16(20)11-23)22(30)19(13-5-2-3-6-13)25-21(29)18-9-8-17(32-18)14-7-4-10-24-26-14/h4,7-10,13,16,19-20H,2-3,5-6,11-12H2,1H3,(H,25,29). The highest BCUT2D eigenvalue weighted by atomic mass is 35.5. The molecule has 3 atom stereocenters. The van der Waals surface area contributed by atoms with Crippen molar-refractivity contribution in [1.82, 2.24) is 20.4 Å². The Morgan fingerprint density at radius 2 is 2.09 bits per heavy atom. The monoisotopic (exact) mass is 476 g/mol. The zero-order valence-corrected chi connectivity index (χ0v) is 19.3. The van der Waals surface area contributed by atoms with Gasteiger partial charge in [0.25, 0.3) is 5.91 Å². The maximum atomic E-state index is 13.5. The van der Waals surface area contributed by atoms with Gasteiger partial charge in [0.15, 0.2) is 5.78 Å². The number of hydrogen-bond acceptors (Lipinski definition) is 7. The Kier molecular flexibility index (Phi) is 7.17. The molecule has 1 N–H and O–H groups in total. The van der Waals surface area contributed by atoms with Crippen LogP contribution in [0.3, 0.4) is 0 Å². The summed E-state index contributed by atoms with van der Waals surface area (Å²) in [6.45, 7) is -0.0551. The molecule has 1 saturated heterocycles. The second-order valence-corrected chi connectivity index (χ2v) is 9.52. The molecule has 4 rings (SSSR count). The normalized spacial score (nSPS) is 22.1. The van der Waals surface area contributed by atoms with Gasteiger partial charge in [-0.05, 0) is 43.0 Å². The van der Waals surface area contributed by atoms with E-state index in [0.717, 1.165) is 30.6 Å². The maximum absolute atomic E-state index is 13.5. The minimum absolute atomic E-state index is 0.0280. The number of aromatic nitrogens is 2. The molecule has 0 spiro atoms. The van der Waals surface area contributed by atoms with E-state index in [9.17, 15) is 14.4 Å². The fourth-order valence-corrected chi connectivity index (χ4v) is 5.57. The number of nitrogens with zero attached hydrogens (tertiary/aromatic N) is 3. The lowest BCUT2D eigenvalue weighted by Gasteiger charge is -2.32. The van der Waals surface area contributed by atoms with E-state index in [1.165, 1.54) is 16.2 Å². The predicted molar refractivity (Wildman–Crippen MR) is 121 cm³/mol. The second kappa shape index (κ2) is 10.1. The molecule has 2 aliphatic rings. The lowest BCUT2D eigenvalue weighted by Crippen LogP contribution is -2.56. The summed E-state index contributed by atoms with van der Waals surface area (Å²) in [5.74, 6) is -0.619. The van der Waals surface area contributed by atoms with E-state index >= 15 is 0 Å². The summed E-state index contributed by atoms with van der Waals surface area (Å²) >= 11 is 7.24. The molecule has 2 aromatic heterocycles. The van der Waals surface area contributed by atoms with Crippen molar-refractivity contribution < 1.29 is 19.1 Å². The van der Waals surface area contributed by atoms with Crippen molar-refractivity contribution in [3.8, 4) is 10.6 Å². The van der Waals surface area contributed by atoms with Crippen molar-refractivity contribution in [2.45, 2.75) is 43.9 Å². The molecule has 3 heterocycles. The Morgan fingerprint density at radius 1 is 1.31 bits per heavy atom.